The minimum absolute atomic E-state index is 0.446. The first-order valence-electron chi connectivity index (χ1n) is 6.94. The Morgan fingerprint density at radius 3 is 2.79 bits per heavy atom. The van der Waals surface area contributed by atoms with Gasteiger partial charge in [0.05, 0.1) is 12.0 Å². The summed E-state index contributed by atoms with van der Waals surface area (Å²) in [6.45, 7) is 6.11. The highest BCUT2D eigenvalue weighted by molar-refractivity contribution is 5.13. The number of aryl methyl sites for hydroxylation is 1. The first-order valence-corrected chi connectivity index (χ1v) is 6.94. The molecule has 2 aromatic rings. The van der Waals surface area contributed by atoms with E-state index in [9.17, 15) is 0 Å². The third kappa shape index (κ3) is 4.17. The molecular formula is C15H22N4. The average molecular weight is 258 g/mol. The van der Waals surface area contributed by atoms with Crippen LogP contribution in [0.5, 0.6) is 0 Å². The molecule has 0 radical (unpaired) electrons. The minimum atomic E-state index is 0.446. The molecule has 0 saturated carbocycles. The zero-order valence-corrected chi connectivity index (χ0v) is 11.7. The lowest BCUT2D eigenvalue weighted by atomic mass is 10.2. The zero-order valence-electron chi connectivity index (χ0n) is 11.7. The van der Waals surface area contributed by atoms with Crippen molar-refractivity contribution in [2.24, 2.45) is 0 Å². The Bertz CT molecular complexity index is 461. The highest BCUT2D eigenvalue weighted by Gasteiger charge is 2.06. The van der Waals surface area contributed by atoms with Crippen LogP contribution in [0.1, 0.15) is 31.5 Å². The predicted octanol–water partition coefficient (Wildman–Crippen LogP) is 2.41. The molecule has 1 atom stereocenters. The van der Waals surface area contributed by atoms with Gasteiger partial charge in [0, 0.05) is 37.7 Å². The van der Waals surface area contributed by atoms with Gasteiger partial charge in [0.2, 0.25) is 0 Å². The maximum Gasteiger partial charge on any atom is 0.0946 e. The van der Waals surface area contributed by atoms with E-state index in [2.05, 4.69) is 45.8 Å². The molecule has 4 nitrogen and oxygen atoms in total. The van der Waals surface area contributed by atoms with Gasteiger partial charge in [-0.2, -0.15) is 0 Å². The van der Waals surface area contributed by atoms with Crippen molar-refractivity contribution >= 4 is 0 Å². The van der Waals surface area contributed by atoms with E-state index in [4.69, 9.17) is 0 Å². The Hall–Kier alpha value is -1.68. The second kappa shape index (κ2) is 7.04. The van der Waals surface area contributed by atoms with Crippen LogP contribution in [0.2, 0.25) is 0 Å². The first kappa shape index (κ1) is 13.7. The molecule has 2 heterocycles. The maximum atomic E-state index is 4.47. The fourth-order valence-electron chi connectivity index (χ4n) is 2.00. The summed E-state index contributed by atoms with van der Waals surface area (Å²) >= 11 is 0. The van der Waals surface area contributed by atoms with Gasteiger partial charge in [-0.25, -0.2) is 4.98 Å². The van der Waals surface area contributed by atoms with Gasteiger partial charge in [-0.3, -0.25) is 4.98 Å². The normalized spacial score (nSPS) is 12.5. The lowest BCUT2D eigenvalue weighted by Gasteiger charge is -2.17. The zero-order chi connectivity index (χ0) is 13.5. The topological polar surface area (TPSA) is 42.7 Å². The van der Waals surface area contributed by atoms with Gasteiger partial charge < -0.3 is 9.88 Å². The highest BCUT2D eigenvalue weighted by Crippen LogP contribution is 2.03. The highest BCUT2D eigenvalue weighted by atomic mass is 15.1. The van der Waals surface area contributed by atoms with E-state index in [-0.39, 0.29) is 0 Å². The van der Waals surface area contributed by atoms with Crippen LogP contribution < -0.4 is 5.32 Å². The summed E-state index contributed by atoms with van der Waals surface area (Å²) in [6.07, 6.45) is 9.77. The van der Waals surface area contributed by atoms with Crippen molar-refractivity contribution in [3.63, 3.8) is 0 Å². The van der Waals surface area contributed by atoms with Gasteiger partial charge >= 0.3 is 0 Å². The molecule has 0 aromatic carbocycles. The molecular weight excluding hydrogens is 236 g/mol. The third-order valence-electron chi connectivity index (χ3n) is 3.35. The third-order valence-corrected chi connectivity index (χ3v) is 3.35. The molecule has 0 amide bonds. The maximum absolute atomic E-state index is 4.47. The summed E-state index contributed by atoms with van der Waals surface area (Å²) in [5.74, 6) is 0. The van der Waals surface area contributed by atoms with Crippen molar-refractivity contribution < 1.29 is 0 Å². The second-order valence-corrected chi connectivity index (χ2v) is 4.76. The second-order valence-electron chi connectivity index (χ2n) is 4.76. The quantitative estimate of drug-likeness (QED) is 0.829. The lowest BCUT2D eigenvalue weighted by Crippen LogP contribution is -2.32. The Morgan fingerprint density at radius 2 is 2.21 bits per heavy atom. The molecule has 1 N–H and O–H groups in total. The Morgan fingerprint density at radius 1 is 1.32 bits per heavy atom. The van der Waals surface area contributed by atoms with Crippen molar-refractivity contribution in [2.75, 3.05) is 0 Å². The van der Waals surface area contributed by atoms with Crippen LogP contribution in [0.15, 0.2) is 37.1 Å². The molecule has 0 aliphatic rings. The molecule has 19 heavy (non-hydrogen) atoms. The van der Waals surface area contributed by atoms with E-state index in [1.807, 2.05) is 24.9 Å². The fourth-order valence-corrected chi connectivity index (χ4v) is 2.00. The summed E-state index contributed by atoms with van der Waals surface area (Å²) < 4.78 is 2.11. The predicted molar refractivity (Wildman–Crippen MR) is 76.8 cm³/mol. The van der Waals surface area contributed by atoms with E-state index in [0.29, 0.717) is 6.04 Å². The van der Waals surface area contributed by atoms with Gasteiger partial charge in [-0.05, 0) is 24.5 Å². The smallest absolute Gasteiger partial charge is 0.0946 e. The summed E-state index contributed by atoms with van der Waals surface area (Å²) in [6, 6.07) is 4.71. The molecule has 0 spiro atoms. The van der Waals surface area contributed by atoms with E-state index >= 15 is 0 Å². The number of nitrogens with zero attached hydrogens (tertiary/aromatic N) is 3. The summed E-state index contributed by atoms with van der Waals surface area (Å²) in [5.41, 5.74) is 2.38. The molecule has 0 fully saturated rings. The minimum Gasteiger partial charge on any atom is -0.336 e. The van der Waals surface area contributed by atoms with Gasteiger partial charge in [-0.15, -0.1) is 0 Å². The van der Waals surface area contributed by atoms with Gasteiger partial charge in [-0.1, -0.05) is 19.9 Å². The molecule has 0 bridgehead atoms. The summed E-state index contributed by atoms with van der Waals surface area (Å²) in [7, 11) is 0. The number of hydrogen-bond acceptors (Lipinski definition) is 3. The molecule has 1 unspecified atom stereocenters. The summed E-state index contributed by atoms with van der Waals surface area (Å²) in [4.78, 5) is 8.54. The number of aromatic nitrogens is 3. The molecule has 2 rings (SSSR count). The van der Waals surface area contributed by atoms with Crippen LogP contribution in [-0.2, 0) is 19.5 Å². The number of hydrogen-bond donors (Lipinski definition) is 1. The standard InChI is InChI=1S/C15H22N4/c1-3-13-5-6-15(17-9-13)10-18-14(4-2)11-19-8-7-16-12-19/h5-9,12,14,18H,3-4,10-11H2,1-2H3. The average Bonchev–Trinajstić information content (AvgIpc) is 2.97. The van der Waals surface area contributed by atoms with Crippen LogP contribution in [0.4, 0.5) is 0 Å². The number of nitrogens with one attached hydrogen (secondary N) is 1. The van der Waals surface area contributed by atoms with Gasteiger partial charge in [0.25, 0.3) is 0 Å². The van der Waals surface area contributed by atoms with E-state index in [1.54, 1.807) is 0 Å². The number of pyridine rings is 1. The molecule has 2 aromatic heterocycles. The van der Waals surface area contributed by atoms with Crippen molar-refractivity contribution in [3.8, 4) is 0 Å². The van der Waals surface area contributed by atoms with Crippen LogP contribution in [0.3, 0.4) is 0 Å². The van der Waals surface area contributed by atoms with Crippen LogP contribution in [0, 0.1) is 0 Å². The molecule has 0 aliphatic heterocycles. The Labute approximate surface area is 114 Å². The molecule has 4 heteroatoms. The molecule has 0 saturated heterocycles. The first-order chi connectivity index (χ1) is 9.31. The fraction of sp³-hybridized carbons (Fsp3) is 0.467. The molecule has 102 valence electrons. The number of rotatable bonds is 7. The van der Waals surface area contributed by atoms with Crippen molar-refractivity contribution in [1.29, 1.82) is 0 Å². The van der Waals surface area contributed by atoms with E-state index in [1.165, 1.54) is 5.56 Å². The lowest BCUT2D eigenvalue weighted by molar-refractivity contribution is 0.432. The van der Waals surface area contributed by atoms with Crippen molar-refractivity contribution in [3.05, 3.63) is 48.3 Å². The van der Waals surface area contributed by atoms with Crippen molar-refractivity contribution in [2.45, 2.75) is 45.8 Å². The summed E-state index contributed by atoms with van der Waals surface area (Å²) in [5, 5.41) is 3.55. The van der Waals surface area contributed by atoms with Gasteiger partial charge in [0.1, 0.15) is 0 Å². The monoisotopic (exact) mass is 258 g/mol. The van der Waals surface area contributed by atoms with Crippen LogP contribution in [-0.4, -0.2) is 20.6 Å². The van der Waals surface area contributed by atoms with Crippen LogP contribution in [0.25, 0.3) is 0 Å². The van der Waals surface area contributed by atoms with Gasteiger partial charge in [0.15, 0.2) is 0 Å². The number of imidazole rings is 1. The van der Waals surface area contributed by atoms with Crippen molar-refractivity contribution in [1.82, 2.24) is 19.9 Å². The van der Waals surface area contributed by atoms with E-state index in [0.717, 1.165) is 31.6 Å². The Kier molecular flexibility index (Phi) is 5.10. The SMILES string of the molecule is CCc1ccc(CNC(CC)Cn2ccnc2)nc1. The Balaban J connectivity index is 1.84. The molecule has 0 aliphatic carbocycles. The largest absolute Gasteiger partial charge is 0.336 e. The van der Waals surface area contributed by atoms with E-state index < -0.39 is 0 Å². The van der Waals surface area contributed by atoms with Crippen LogP contribution >= 0.6 is 0 Å².